The van der Waals surface area contributed by atoms with Crippen molar-refractivity contribution in [1.29, 1.82) is 0 Å². The van der Waals surface area contributed by atoms with Crippen LogP contribution in [0.5, 0.6) is 0 Å². The first-order valence-corrected chi connectivity index (χ1v) is 4.14. The van der Waals surface area contributed by atoms with Crippen LogP contribution in [0, 0.1) is 6.92 Å². The largest absolute Gasteiger partial charge is 0.326 e. The summed E-state index contributed by atoms with van der Waals surface area (Å²) in [7, 11) is 0. The first kappa shape index (κ1) is 9.52. The van der Waals surface area contributed by atoms with Crippen LogP contribution in [0.1, 0.15) is 18.1 Å². The molecule has 0 aliphatic rings. The molecule has 0 atom stereocenters. The predicted molar refractivity (Wildman–Crippen MR) is 55.6 cm³/mol. The van der Waals surface area contributed by atoms with Crippen LogP contribution in [0.15, 0.2) is 24.8 Å². The molecule has 0 bridgehead atoms. The first-order valence-electron chi connectivity index (χ1n) is 4.14. The fourth-order valence-corrected chi connectivity index (χ4v) is 1.15. The maximum absolute atomic E-state index is 10.8. The summed E-state index contributed by atoms with van der Waals surface area (Å²) in [4.78, 5) is 10.8. The summed E-state index contributed by atoms with van der Waals surface area (Å²) in [5, 5.41) is 2.74. The van der Waals surface area contributed by atoms with Crippen molar-refractivity contribution < 1.29 is 4.79 Å². The minimum absolute atomic E-state index is 0.0630. The summed E-state index contributed by atoms with van der Waals surface area (Å²) >= 11 is 0. The Bertz CT molecular complexity index is 342. The van der Waals surface area contributed by atoms with Crippen molar-refractivity contribution in [2.75, 3.05) is 5.32 Å². The molecule has 0 saturated carbocycles. The van der Waals surface area contributed by atoms with Gasteiger partial charge in [-0.1, -0.05) is 24.3 Å². The SMILES string of the molecule is C=Cc1cc(C)ccc1NC(C)=O. The van der Waals surface area contributed by atoms with E-state index in [1.807, 2.05) is 25.1 Å². The van der Waals surface area contributed by atoms with Gasteiger partial charge in [-0.2, -0.15) is 0 Å². The number of carbonyl (C=O) groups is 1. The minimum atomic E-state index is -0.0630. The monoisotopic (exact) mass is 175 g/mol. The number of anilines is 1. The number of nitrogens with one attached hydrogen (secondary N) is 1. The average Bonchev–Trinajstić information content (AvgIpc) is 2.07. The molecule has 0 aliphatic carbocycles. The Kier molecular flexibility index (Phi) is 2.85. The molecule has 1 rings (SSSR count). The summed E-state index contributed by atoms with van der Waals surface area (Å²) in [5.74, 6) is -0.0630. The van der Waals surface area contributed by atoms with Gasteiger partial charge in [0.05, 0.1) is 0 Å². The molecule has 1 aromatic rings. The molecule has 0 radical (unpaired) electrons. The van der Waals surface area contributed by atoms with Crippen molar-refractivity contribution in [3.63, 3.8) is 0 Å². The van der Waals surface area contributed by atoms with Crippen LogP contribution in [-0.4, -0.2) is 5.91 Å². The molecule has 0 saturated heterocycles. The van der Waals surface area contributed by atoms with E-state index in [0.29, 0.717) is 0 Å². The lowest BCUT2D eigenvalue weighted by Crippen LogP contribution is -2.06. The maximum atomic E-state index is 10.8. The van der Waals surface area contributed by atoms with Crippen LogP contribution < -0.4 is 5.32 Å². The summed E-state index contributed by atoms with van der Waals surface area (Å²) < 4.78 is 0. The molecule has 0 heterocycles. The second-order valence-electron chi connectivity index (χ2n) is 2.98. The van der Waals surface area contributed by atoms with E-state index in [-0.39, 0.29) is 5.91 Å². The molecule has 13 heavy (non-hydrogen) atoms. The number of benzene rings is 1. The Morgan fingerprint density at radius 1 is 1.54 bits per heavy atom. The van der Waals surface area contributed by atoms with Gasteiger partial charge in [-0.3, -0.25) is 4.79 Å². The summed E-state index contributed by atoms with van der Waals surface area (Å²) in [6.45, 7) is 7.19. The lowest BCUT2D eigenvalue weighted by molar-refractivity contribution is -0.114. The Morgan fingerprint density at radius 3 is 2.77 bits per heavy atom. The molecule has 68 valence electrons. The third-order valence-corrected chi connectivity index (χ3v) is 1.74. The van der Waals surface area contributed by atoms with Crippen molar-refractivity contribution in [3.05, 3.63) is 35.9 Å². The molecule has 0 unspecified atom stereocenters. The van der Waals surface area contributed by atoms with E-state index >= 15 is 0 Å². The summed E-state index contributed by atoms with van der Waals surface area (Å²) in [5.41, 5.74) is 2.92. The number of aryl methyl sites for hydroxylation is 1. The Hall–Kier alpha value is -1.57. The Balaban J connectivity index is 3.05. The second-order valence-corrected chi connectivity index (χ2v) is 2.98. The topological polar surface area (TPSA) is 29.1 Å². The highest BCUT2D eigenvalue weighted by atomic mass is 16.1. The molecule has 1 amide bonds. The Labute approximate surface area is 78.3 Å². The van der Waals surface area contributed by atoms with Crippen LogP contribution in [0.3, 0.4) is 0 Å². The molecular formula is C11H13NO. The second kappa shape index (κ2) is 3.90. The van der Waals surface area contributed by atoms with Crippen molar-refractivity contribution in [2.24, 2.45) is 0 Å². The van der Waals surface area contributed by atoms with E-state index < -0.39 is 0 Å². The molecule has 0 fully saturated rings. The fraction of sp³-hybridized carbons (Fsp3) is 0.182. The summed E-state index contributed by atoms with van der Waals surface area (Å²) in [6.07, 6.45) is 1.73. The van der Waals surface area contributed by atoms with E-state index in [2.05, 4.69) is 11.9 Å². The predicted octanol–water partition coefficient (Wildman–Crippen LogP) is 2.60. The average molecular weight is 175 g/mol. The molecule has 2 nitrogen and oxygen atoms in total. The zero-order chi connectivity index (χ0) is 9.84. The third-order valence-electron chi connectivity index (χ3n) is 1.74. The third kappa shape index (κ3) is 2.44. The zero-order valence-corrected chi connectivity index (χ0v) is 7.92. The van der Waals surface area contributed by atoms with E-state index in [1.165, 1.54) is 6.92 Å². The molecule has 0 aliphatic heterocycles. The molecule has 1 aromatic carbocycles. The van der Waals surface area contributed by atoms with Crippen LogP contribution in [0.4, 0.5) is 5.69 Å². The van der Waals surface area contributed by atoms with Gasteiger partial charge < -0.3 is 5.32 Å². The van der Waals surface area contributed by atoms with Crippen molar-refractivity contribution in [1.82, 2.24) is 0 Å². The first-order chi connectivity index (χ1) is 6.13. The van der Waals surface area contributed by atoms with Gasteiger partial charge in [0.1, 0.15) is 0 Å². The number of hydrogen-bond acceptors (Lipinski definition) is 1. The fourth-order valence-electron chi connectivity index (χ4n) is 1.15. The highest BCUT2D eigenvalue weighted by Crippen LogP contribution is 2.18. The van der Waals surface area contributed by atoms with Gasteiger partial charge in [0.15, 0.2) is 0 Å². The van der Waals surface area contributed by atoms with Crippen molar-refractivity contribution >= 4 is 17.7 Å². The van der Waals surface area contributed by atoms with Crippen LogP contribution >= 0.6 is 0 Å². The normalized spacial score (nSPS) is 9.38. The standard InChI is InChI=1S/C11H13NO/c1-4-10-7-8(2)5-6-11(10)12-9(3)13/h4-7H,1H2,2-3H3,(H,12,13). The number of rotatable bonds is 2. The van der Waals surface area contributed by atoms with Gasteiger partial charge in [0.25, 0.3) is 0 Å². The van der Waals surface area contributed by atoms with Crippen LogP contribution in [0.25, 0.3) is 6.08 Å². The van der Waals surface area contributed by atoms with E-state index in [9.17, 15) is 4.79 Å². The lowest BCUT2D eigenvalue weighted by atomic mass is 10.1. The van der Waals surface area contributed by atoms with E-state index in [4.69, 9.17) is 0 Å². The number of amides is 1. The van der Waals surface area contributed by atoms with Gasteiger partial charge in [-0.05, 0) is 24.6 Å². The molecule has 0 aromatic heterocycles. The molecule has 2 heteroatoms. The van der Waals surface area contributed by atoms with Gasteiger partial charge >= 0.3 is 0 Å². The highest BCUT2D eigenvalue weighted by molar-refractivity contribution is 5.91. The van der Waals surface area contributed by atoms with Crippen LogP contribution in [-0.2, 0) is 4.79 Å². The van der Waals surface area contributed by atoms with Crippen LogP contribution in [0.2, 0.25) is 0 Å². The van der Waals surface area contributed by atoms with Crippen molar-refractivity contribution in [3.8, 4) is 0 Å². The van der Waals surface area contributed by atoms with E-state index in [0.717, 1.165) is 16.8 Å². The Morgan fingerprint density at radius 2 is 2.23 bits per heavy atom. The number of carbonyl (C=O) groups excluding carboxylic acids is 1. The molecule has 1 N–H and O–H groups in total. The quantitative estimate of drug-likeness (QED) is 0.735. The van der Waals surface area contributed by atoms with E-state index in [1.54, 1.807) is 6.08 Å². The smallest absolute Gasteiger partial charge is 0.221 e. The van der Waals surface area contributed by atoms with Gasteiger partial charge in [0.2, 0.25) is 5.91 Å². The van der Waals surface area contributed by atoms with Gasteiger partial charge in [-0.25, -0.2) is 0 Å². The van der Waals surface area contributed by atoms with Crippen molar-refractivity contribution in [2.45, 2.75) is 13.8 Å². The van der Waals surface area contributed by atoms with Gasteiger partial charge in [-0.15, -0.1) is 0 Å². The summed E-state index contributed by atoms with van der Waals surface area (Å²) in [6, 6.07) is 5.82. The number of hydrogen-bond donors (Lipinski definition) is 1. The zero-order valence-electron chi connectivity index (χ0n) is 7.92. The lowest BCUT2D eigenvalue weighted by Gasteiger charge is -2.06. The maximum Gasteiger partial charge on any atom is 0.221 e. The minimum Gasteiger partial charge on any atom is -0.326 e. The van der Waals surface area contributed by atoms with Gasteiger partial charge in [0, 0.05) is 12.6 Å². The molecule has 0 spiro atoms. The molecular weight excluding hydrogens is 162 g/mol. The highest BCUT2D eigenvalue weighted by Gasteiger charge is 2.00.